The van der Waals surface area contributed by atoms with Gasteiger partial charge in [0.1, 0.15) is 28.6 Å². The fourth-order valence-electron chi connectivity index (χ4n) is 8.40. The van der Waals surface area contributed by atoms with Crippen molar-refractivity contribution in [1.82, 2.24) is 29.9 Å². The number of carbonyl (C=O) groups is 4. The number of amides is 3. The van der Waals surface area contributed by atoms with Gasteiger partial charge in [0, 0.05) is 48.6 Å². The zero-order valence-corrected chi connectivity index (χ0v) is 37.8. The zero-order chi connectivity index (χ0) is 45.0. The summed E-state index contributed by atoms with van der Waals surface area (Å²) in [6.07, 6.45) is 1.93. The van der Waals surface area contributed by atoms with Crippen molar-refractivity contribution in [1.29, 1.82) is 0 Å². The maximum atomic E-state index is 15.1. The van der Waals surface area contributed by atoms with Crippen molar-refractivity contribution in [3.8, 4) is 23.0 Å². The molecule has 4 heterocycles. The number of hydrogen-bond acceptors (Lipinski definition) is 13. The number of Topliss-reactive ketones (excluding diaryl/α,β-unsaturated/α-hetero) is 1. The first-order valence-electron chi connectivity index (χ1n) is 21.2. The summed E-state index contributed by atoms with van der Waals surface area (Å²) in [7, 11) is -2.37. The van der Waals surface area contributed by atoms with Crippen LogP contribution >= 0.6 is 11.3 Å². The van der Waals surface area contributed by atoms with E-state index in [-0.39, 0.29) is 61.7 Å². The van der Waals surface area contributed by atoms with E-state index < -0.39 is 61.8 Å². The summed E-state index contributed by atoms with van der Waals surface area (Å²) in [6.45, 7) is 13.6. The molecule has 5 aromatic rings. The van der Waals surface area contributed by atoms with E-state index in [2.05, 4.69) is 21.6 Å². The fraction of sp³-hybridized carbons (Fsp3) is 0.457. The molecule has 15 nitrogen and oxygen atoms in total. The normalized spacial score (nSPS) is 21.6. The van der Waals surface area contributed by atoms with Gasteiger partial charge in [-0.3, -0.25) is 23.9 Å². The van der Waals surface area contributed by atoms with Crippen molar-refractivity contribution in [2.75, 3.05) is 13.6 Å². The van der Waals surface area contributed by atoms with Gasteiger partial charge in [-0.2, -0.15) is 4.98 Å². The van der Waals surface area contributed by atoms with Gasteiger partial charge in [-0.1, -0.05) is 39.0 Å². The molecule has 8 rings (SSSR count). The monoisotopic (exact) mass is 896 g/mol. The number of aromatic nitrogens is 3. The highest BCUT2D eigenvalue weighted by Gasteiger charge is 2.61. The standard InChI is InChI=1S/C46H52N6O9S2/c1-8-27-21-46(27,44(56)51-63(57,58)30-17-18-30)22-35(53)34-19-29(23-52(34)43(55)32(45(4,5)6)20-37-48-33(24-62-37)41(54)47-7)60-42-39-38(31-11-9-10-12-36(31)61-39)49-40(50-42)26-13-15-28(16-14-26)59-25(2)3/h8-16,24-25,27,29-30,32,34H,1,17-23H2,2-7H3,(H,47,54)(H,51,56)/t27-,29-,32-,34+,46-/m1/s1. The molecule has 0 radical (unpaired) electrons. The van der Waals surface area contributed by atoms with E-state index in [1.165, 1.54) is 23.3 Å². The van der Waals surface area contributed by atoms with Crippen LogP contribution in [-0.2, 0) is 30.8 Å². The molecule has 63 heavy (non-hydrogen) atoms. The second-order valence-electron chi connectivity index (χ2n) is 18.2. The number of sulfonamides is 1. The Morgan fingerprint density at radius 2 is 1.79 bits per heavy atom. The van der Waals surface area contributed by atoms with Crippen LogP contribution in [0.3, 0.4) is 0 Å². The van der Waals surface area contributed by atoms with Crippen LogP contribution in [0.1, 0.15) is 82.2 Å². The third kappa shape index (κ3) is 8.94. The number of hydrogen-bond donors (Lipinski definition) is 2. The highest BCUT2D eigenvalue weighted by atomic mass is 32.2. The van der Waals surface area contributed by atoms with E-state index in [9.17, 15) is 22.8 Å². The van der Waals surface area contributed by atoms with Crippen molar-refractivity contribution < 1.29 is 41.5 Å². The van der Waals surface area contributed by atoms with Crippen molar-refractivity contribution >= 4 is 66.9 Å². The first kappa shape index (κ1) is 43.9. The predicted molar refractivity (Wildman–Crippen MR) is 238 cm³/mol. The van der Waals surface area contributed by atoms with Gasteiger partial charge in [0.05, 0.1) is 34.4 Å². The van der Waals surface area contributed by atoms with Crippen LogP contribution < -0.4 is 19.5 Å². The third-order valence-electron chi connectivity index (χ3n) is 12.2. The summed E-state index contributed by atoms with van der Waals surface area (Å²) in [5.41, 5.74) is 0.393. The summed E-state index contributed by atoms with van der Waals surface area (Å²) < 4.78 is 47.0. The lowest BCUT2D eigenvalue weighted by Crippen LogP contribution is -2.48. The first-order chi connectivity index (χ1) is 29.9. The molecule has 1 aliphatic heterocycles. The molecule has 0 bridgehead atoms. The minimum Gasteiger partial charge on any atom is -0.491 e. The van der Waals surface area contributed by atoms with E-state index in [4.69, 9.17) is 23.9 Å². The zero-order valence-electron chi connectivity index (χ0n) is 36.2. The smallest absolute Gasteiger partial charge is 0.270 e. The van der Waals surface area contributed by atoms with E-state index in [1.54, 1.807) is 11.5 Å². The number of benzene rings is 2. The number of furan rings is 1. The molecule has 3 aromatic heterocycles. The second-order valence-corrected chi connectivity index (χ2v) is 21.1. The van der Waals surface area contributed by atoms with Crippen molar-refractivity contribution in [3.63, 3.8) is 0 Å². The number of allylic oxidation sites excluding steroid dienone is 1. The Morgan fingerprint density at radius 3 is 2.44 bits per heavy atom. The number of nitrogens with one attached hydrogen (secondary N) is 2. The van der Waals surface area contributed by atoms with Gasteiger partial charge in [0.2, 0.25) is 27.4 Å². The molecular weight excluding hydrogens is 845 g/mol. The van der Waals surface area contributed by atoms with Gasteiger partial charge in [-0.25, -0.2) is 18.4 Å². The van der Waals surface area contributed by atoms with Crippen LogP contribution in [0.2, 0.25) is 0 Å². The lowest BCUT2D eigenvalue weighted by atomic mass is 9.77. The minimum atomic E-state index is -3.89. The van der Waals surface area contributed by atoms with Crippen LogP contribution in [0, 0.1) is 22.7 Å². The highest BCUT2D eigenvalue weighted by Crippen LogP contribution is 2.57. The largest absolute Gasteiger partial charge is 0.491 e. The van der Waals surface area contributed by atoms with Crippen LogP contribution in [0.4, 0.5) is 0 Å². The number of likely N-dealkylation sites (tertiary alicyclic amines) is 1. The molecule has 17 heteroatoms. The molecule has 0 spiro atoms. The summed E-state index contributed by atoms with van der Waals surface area (Å²) in [4.78, 5) is 71.8. The van der Waals surface area contributed by atoms with Gasteiger partial charge < -0.3 is 24.1 Å². The molecular formula is C46H52N6O9S2. The molecule has 5 atom stereocenters. The Hall–Kier alpha value is -5.68. The number of nitrogens with zero attached hydrogens (tertiary/aromatic N) is 4. The summed E-state index contributed by atoms with van der Waals surface area (Å²) in [6, 6.07) is 13.8. The van der Waals surface area contributed by atoms with Crippen LogP contribution in [0.5, 0.6) is 11.6 Å². The molecule has 3 amide bonds. The van der Waals surface area contributed by atoms with Gasteiger partial charge in [-0.15, -0.1) is 17.9 Å². The molecule has 1 saturated heterocycles. The second kappa shape index (κ2) is 16.8. The quantitative estimate of drug-likeness (QED) is 0.100. The first-order valence-corrected chi connectivity index (χ1v) is 23.6. The molecule has 2 N–H and O–H groups in total. The van der Waals surface area contributed by atoms with Crippen LogP contribution in [0.15, 0.2) is 71.0 Å². The summed E-state index contributed by atoms with van der Waals surface area (Å²) in [5, 5.41) is 4.93. The summed E-state index contributed by atoms with van der Waals surface area (Å²) >= 11 is 1.28. The number of carbonyl (C=O) groups excluding carboxylic acids is 4. The van der Waals surface area contributed by atoms with Gasteiger partial charge in [0.15, 0.2) is 11.6 Å². The number of thiazole rings is 1. The average molecular weight is 897 g/mol. The Morgan fingerprint density at radius 1 is 1.06 bits per heavy atom. The predicted octanol–water partition coefficient (Wildman–Crippen LogP) is 6.66. The van der Waals surface area contributed by atoms with E-state index >= 15 is 4.79 Å². The summed E-state index contributed by atoms with van der Waals surface area (Å²) in [5.74, 6) is -1.73. The third-order valence-corrected chi connectivity index (χ3v) is 14.9. The Balaban J connectivity index is 1.14. The molecule has 0 unspecified atom stereocenters. The van der Waals surface area contributed by atoms with Gasteiger partial charge in [0.25, 0.3) is 11.8 Å². The van der Waals surface area contributed by atoms with E-state index in [0.29, 0.717) is 51.7 Å². The lowest BCUT2D eigenvalue weighted by Gasteiger charge is -2.35. The lowest BCUT2D eigenvalue weighted by molar-refractivity contribution is -0.144. The topological polar surface area (TPSA) is 200 Å². The SMILES string of the molecule is C=C[C@@H]1C[C@]1(CC(=O)[C@@H]1C[C@@H](Oc2nc(-c3ccc(OC(C)C)cc3)nc3c2oc2ccccc23)CN1C(=O)[C@@H](Cc1nc(C(=O)NC)cs1)C(C)(C)C)C(=O)NS(=O)(=O)C1CC1. The van der Waals surface area contributed by atoms with Crippen molar-refractivity contribution in [2.45, 2.75) is 96.6 Å². The van der Waals surface area contributed by atoms with Gasteiger partial charge in [-0.05, 0) is 80.8 Å². The van der Waals surface area contributed by atoms with E-state index in [0.717, 1.165) is 5.39 Å². The molecule has 3 fully saturated rings. The van der Waals surface area contributed by atoms with Gasteiger partial charge >= 0.3 is 0 Å². The fourth-order valence-corrected chi connectivity index (χ4v) is 10.6. The molecule has 332 valence electrons. The van der Waals surface area contributed by atoms with Crippen molar-refractivity contribution in [3.05, 3.63) is 77.3 Å². The molecule has 2 aromatic carbocycles. The Bertz CT molecular complexity index is 2720. The minimum absolute atomic E-state index is 0.00832. The van der Waals surface area contributed by atoms with Crippen LogP contribution in [0.25, 0.3) is 33.5 Å². The average Bonchev–Trinajstić information content (AvgIpc) is 4.07. The molecule has 2 aliphatic carbocycles. The maximum absolute atomic E-state index is 15.1. The number of para-hydroxylation sites is 1. The Labute approximate surface area is 370 Å². The number of ketones is 1. The maximum Gasteiger partial charge on any atom is 0.270 e. The van der Waals surface area contributed by atoms with Crippen molar-refractivity contribution in [2.24, 2.45) is 22.7 Å². The van der Waals surface area contributed by atoms with Crippen LogP contribution in [-0.4, -0.2) is 88.9 Å². The highest BCUT2D eigenvalue weighted by molar-refractivity contribution is 7.90. The molecule has 2 saturated carbocycles. The number of rotatable bonds is 16. The van der Waals surface area contributed by atoms with E-state index in [1.807, 2.05) is 83.1 Å². The molecule has 3 aliphatic rings. The number of ether oxygens (including phenoxy) is 2. The number of fused-ring (bicyclic) bond motifs is 3. The Kier molecular flexibility index (Phi) is 11.7.